The van der Waals surface area contributed by atoms with Gasteiger partial charge in [-0.1, -0.05) is 0 Å². The Kier molecular flexibility index (Phi) is 2.13. The highest BCUT2D eigenvalue weighted by Crippen LogP contribution is 2.14. The highest BCUT2D eigenvalue weighted by atomic mass is 79.9. The van der Waals surface area contributed by atoms with E-state index in [2.05, 4.69) is 30.6 Å². The normalized spacial score (nSPS) is 9.64. The van der Waals surface area contributed by atoms with Crippen molar-refractivity contribution in [3.63, 3.8) is 0 Å². The Bertz CT molecular complexity index is 283. The molecule has 0 aliphatic heterocycles. The van der Waals surface area contributed by atoms with Crippen LogP contribution in [0, 0.1) is 0 Å². The standard InChI is InChI=1S/C5H6BrN3O2/c1-11-4(10)2-3(6)9-5(7)8-2/h1H3,(H3,7,8,9). The molecule has 0 radical (unpaired) electrons. The highest BCUT2D eigenvalue weighted by molar-refractivity contribution is 9.10. The Balaban J connectivity index is 3.03. The highest BCUT2D eigenvalue weighted by Gasteiger charge is 2.14. The van der Waals surface area contributed by atoms with E-state index in [4.69, 9.17) is 5.73 Å². The molecule has 1 heterocycles. The second-order valence-electron chi connectivity index (χ2n) is 1.78. The molecule has 0 unspecified atom stereocenters. The fourth-order valence-electron chi connectivity index (χ4n) is 0.601. The van der Waals surface area contributed by atoms with Crippen LogP contribution in [0.1, 0.15) is 10.5 Å². The molecule has 0 saturated heterocycles. The van der Waals surface area contributed by atoms with Crippen molar-refractivity contribution < 1.29 is 9.53 Å². The number of nitrogens with one attached hydrogen (secondary N) is 1. The summed E-state index contributed by atoms with van der Waals surface area (Å²) in [5.41, 5.74) is 5.42. The fourth-order valence-corrected chi connectivity index (χ4v) is 1.05. The molecule has 6 heteroatoms. The maximum Gasteiger partial charge on any atom is 0.359 e. The topological polar surface area (TPSA) is 81.0 Å². The van der Waals surface area contributed by atoms with E-state index in [9.17, 15) is 4.79 Å². The van der Waals surface area contributed by atoms with Gasteiger partial charge in [-0.15, -0.1) is 0 Å². The van der Waals surface area contributed by atoms with Gasteiger partial charge in [0.25, 0.3) is 0 Å². The van der Waals surface area contributed by atoms with E-state index >= 15 is 0 Å². The van der Waals surface area contributed by atoms with E-state index in [0.717, 1.165) is 0 Å². The van der Waals surface area contributed by atoms with Crippen LogP contribution in [0.5, 0.6) is 0 Å². The van der Waals surface area contributed by atoms with Crippen molar-refractivity contribution in [1.29, 1.82) is 0 Å². The number of nitrogens with two attached hydrogens (primary N) is 1. The van der Waals surface area contributed by atoms with E-state index in [-0.39, 0.29) is 11.6 Å². The van der Waals surface area contributed by atoms with Crippen molar-refractivity contribution in [2.24, 2.45) is 0 Å². The number of halogens is 1. The second-order valence-corrected chi connectivity index (χ2v) is 2.57. The number of nitrogens with zero attached hydrogens (tertiary/aromatic N) is 1. The number of carbonyl (C=O) groups is 1. The molecule has 0 aliphatic carbocycles. The van der Waals surface area contributed by atoms with Crippen LogP contribution >= 0.6 is 15.9 Å². The zero-order chi connectivity index (χ0) is 8.43. The number of anilines is 1. The van der Waals surface area contributed by atoms with E-state index in [1.165, 1.54) is 7.11 Å². The van der Waals surface area contributed by atoms with Crippen LogP contribution in [0.4, 0.5) is 5.95 Å². The minimum absolute atomic E-state index is 0.157. The maximum atomic E-state index is 10.9. The number of aromatic amines is 1. The first-order valence-electron chi connectivity index (χ1n) is 2.74. The lowest BCUT2D eigenvalue weighted by Crippen LogP contribution is -2.02. The number of aromatic nitrogens is 2. The Hall–Kier alpha value is -1.04. The summed E-state index contributed by atoms with van der Waals surface area (Å²) in [5.74, 6) is -0.345. The molecule has 1 rings (SSSR count). The summed E-state index contributed by atoms with van der Waals surface area (Å²) < 4.78 is 4.86. The molecular weight excluding hydrogens is 214 g/mol. The Labute approximate surface area is 71.1 Å². The summed E-state index contributed by atoms with van der Waals surface area (Å²) in [6, 6.07) is 0. The van der Waals surface area contributed by atoms with Gasteiger partial charge in [-0.3, -0.25) is 0 Å². The number of ether oxygens (including phenoxy) is 1. The van der Waals surface area contributed by atoms with E-state index in [1.807, 2.05) is 0 Å². The van der Waals surface area contributed by atoms with Crippen LogP contribution in [-0.2, 0) is 4.74 Å². The monoisotopic (exact) mass is 219 g/mol. The molecule has 0 aromatic carbocycles. The number of nitrogen functional groups attached to an aromatic ring is 1. The largest absolute Gasteiger partial charge is 0.464 e. The lowest BCUT2D eigenvalue weighted by atomic mass is 10.5. The smallest absolute Gasteiger partial charge is 0.359 e. The van der Waals surface area contributed by atoms with Crippen molar-refractivity contribution in [3.05, 3.63) is 10.3 Å². The minimum atomic E-state index is -0.523. The van der Waals surface area contributed by atoms with Crippen LogP contribution in [0.15, 0.2) is 4.60 Å². The molecule has 0 fully saturated rings. The molecule has 11 heavy (non-hydrogen) atoms. The van der Waals surface area contributed by atoms with Gasteiger partial charge >= 0.3 is 5.97 Å². The number of hydrogen-bond acceptors (Lipinski definition) is 4. The summed E-state index contributed by atoms with van der Waals surface area (Å²) in [6.45, 7) is 0. The summed E-state index contributed by atoms with van der Waals surface area (Å²) in [5, 5.41) is 0. The van der Waals surface area contributed by atoms with E-state index in [0.29, 0.717) is 4.60 Å². The van der Waals surface area contributed by atoms with Crippen LogP contribution in [-0.4, -0.2) is 23.0 Å². The van der Waals surface area contributed by atoms with Gasteiger partial charge in [-0.2, -0.15) is 0 Å². The number of H-pyrrole nitrogens is 1. The zero-order valence-corrected chi connectivity index (χ0v) is 7.31. The fraction of sp³-hybridized carbons (Fsp3) is 0.200. The first-order valence-corrected chi connectivity index (χ1v) is 3.53. The van der Waals surface area contributed by atoms with Crippen LogP contribution in [0.25, 0.3) is 0 Å². The van der Waals surface area contributed by atoms with Crippen molar-refractivity contribution in [1.82, 2.24) is 9.97 Å². The molecule has 0 bridgehead atoms. The van der Waals surface area contributed by atoms with Gasteiger partial charge in [0, 0.05) is 0 Å². The molecular formula is C5H6BrN3O2. The van der Waals surface area contributed by atoms with Gasteiger partial charge in [0.15, 0.2) is 11.6 Å². The van der Waals surface area contributed by atoms with Crippen molar-refractivity contribution >= 4 is 27.8 Å². The number of rotatable bonds is 1. The Morgan fingerprint density at radius 3 is 2.82 bits per heavy atom. The third-order valence-corrected chi connectivity index (χ3v) is 1.63. The summed E-state index contributed by atoms with van der Waals surface area (Å²) in [6.07, 6.45) is 0. The summed E-state index contributed by atoms with van der Waals surface area (Å²) in [7, 11) is 1.28. The van der Waals surface area contributed by atoms with E-state index in [1.54, 1.807) is 0 Å². The Morgan fingerprint density at radius 2 is 2.45 bits per heavy atom. The molecule has 0 atom stereocenters. The molecule has 0 amide bonds. The van der Waals surface area contributed by atoms with Crippen LogP contribution < -0.4 is 5.73 Å². The van der Waals surface area contributed by atoms with Gasteiger partial charge in [-0.25, -0.2) is 9.78 Å². The van der Waals surface area contributed by atoms with Gasteiger partial charge < -0.3 is 15.5 Å². The number of methoxy groups -OCH3 is 1. The average Bonchev–Trinajstić information content (AvgIpc) is 2.28. The summed E-state index contributed by atoms with van der Waals surface area (Å²) in [4.78, 5) is 17.1. The third kappa shape index (κ3) is 1.51. The number of esters is 1. The molecule has 1 aromatic rings. The molecule has 5 nitrogen and oxygen atoms in total. The number of hydrogen-bond donors (Lipinski definition) is 2. The number of imidazole rings is 1. The predicted octanol–water partition coefficient (Wildman–Crippen LogP) is 0.541. The average molecular weight is 220 g/mol. The quantitative estimate of drug-likeness (QED) is 0.676. The maximum absolute atomic E-state index is 10.9. The van der Waals surface area contributed by atoms with Crippen molar-refractivity contribution in [2.45, 2.75) is 0 Å². The molecule has 0 saturated carbocycles. The van der Waals surface area contributed by atoms with Gasteiger partial charge in [0.1, 0.15) is 4.60 Å². The first-order chi connectivity index (χ1) is 5.15. The van der Waals surface area contributed by atoms with E-state index < -0.39 is 5.97 Å². The lowest BCUT2D eigenvalue weighted by Gasteiger charge is -1.91. The third-order valence-electron chi connectivity index (χ3n) is 1.06. The molecule has 3 N–H and O–H groups in total. The first kappa shape index (κ1) is 8.06. The SMILES string of the molecule is COC(=O)c1nc(N)[nH]c1Br. The molecule has 60 valence electrons. The van der Waals surface area contributed by atoms with Gasteiger partial charge in [0.2, 0.25) is 0 Å². The van der Waals surface area contributed by atoms with Crippen molar-refractivity contribution in [2.75, 3.05) is 12.8 Å². The summed E-state index contributed by atoms with van der Waals surface area (Å²) >= 11 is 3.06. The lowest BCUT2D eigenvalue weighted by molar-refractivity contribution is 0.0593. The van der Waals surface area contributed by atoms with Crippen LogP contribution in [0.3, 0.4) is 0 Å². The zero-order valence-electron chi connectivity index (χ0n) is 5.72. The molecule has 0 spiro atoms. The Morgan fingerprint density at radius 1 is 1.82 bits per heavy atom. The van der Waals surface area contributed by atoms with Gasteiger partial charge in [-0.05, 0) is 15.9 Å². The van der Waals surface area contributed by atoms with Crippen molar-refractivity contribution in [3.8, 4) is 0 Å². The predicted molar refractivity (Wildman–Crippen MR) is 42.0 cm³/mol. The number of carbonyl (C=O) groups excluding carboxylic acids is 1. The molecule has 0 aliphatic rings. The van der Waals surface area contributed by atoms with Gasteiger partial charge in [0.05, 0.1) is 7.11 Å². The minimum Gasteiger partial charge on any atom is -0.464 e. The van der Waals surface area contributed by atoms with Crippen LogP contribution in [0.2, 0.25) is 0 Å². The second kappa shape index (κ2) is 2.91. The molecule has 1 aromatic heterocycles.